The second kappa shape index (κ2) is 3.04. The third-order valence-corrected chi connectivity index (χ3v) is 2.63. The van der Waals surface area contributed by atoms with Crippen molar-refractivity contribution < 1.29 is 4.74 Å². The van der Waals surface area contributed by atoms with Crippen molar-refractivity contribution in [1.82, 2.24) is 0 Å². The summed E-state index contributed by atoms with van der Waals surface area (Å²) in [5, 5.41) is 0. The van der Waals surface area contributed by atoms with Gasteiger partial charge < -0.3 is 4.74 Å². The van der Waals surface area contributed by atoms with Crippen molar-refractivity contribution in [1.29, 1.82) is 0 Å². The molecular weight excluding hydrogens is 228 g/mol. The Labute approximate surface area is 85.9 Å². The number of rotatable bonds is 0. The van der Waals surface area contributed by atoms with Crippen LogP contribution in [0.25, 0.3) is 5.57 Å². The minimum absolute atomic E-state index is 0.692. The summed E-state index contributed by atoms with van der Waals surface area (Å²) in [5.41, 5.74) is 2.31. The molecule has 1 aliphatic rings. The number of para-hydroxylation sites is 1. The summed E-state index contributed by atoms with van der Waals surface area (Å²) < 4.78 is 6.49. The number of halogens is 1. The van der Waals surface area contributed by atoms with Gasteiger partial charge in [-0.25, -0.2) is 0 Å². The number of benzene rings is 1. The molecule has 2 heteroatoms. The third-order valence-electron chi connectivity index (χ3n) is 2.00. The molecule has 66 valence electrons. The molecule has 1 heterocycles. The molecule has 0 amide bonds. The Morgan fingerprint density at radius 1 is 1.38 bits per heavy atom. The second-order valence-electron chi connectivity index (χ2n) is 3.01. The summed E-state index contributed by atoms with van der Waals surface area (Å²) in [7, 11) is 0. The fraction of sp³-hybridized carbons (Fsp3) is 0.0909. The molecule has 0 fully saturated rings. The highest BCUT2D eigenvalue weighted by molar-refractivity contribution is 9.10. The molecule has 0 aromatic heterocycles. The lowest BCUT2D eigenvalue weighted by molar-refractivity contribution is 0.438. The van der Waals surface area contributed by atoms with Crippen LogP contribution in [0.2, 0.25) is 0 Å². The molecular formula is C11H9BrO. The first-order chi connectivity index (χ1) is 6.18. The molecule has 1 aromatic rings. The number of ether oxygens (including phenoxy) is 1. The number of hydrogen-bond donors (Lipinski definition) is 0. The normalized spacial score (nSPS) is 14.6. The first-order valence-electron chi connectivity index (χ1n) is 4.02. The van der Waals surface area contributed by atoms with Crippen molar-refractivity contribution >= 4 is 21.5 Å². The summed E-state index contributed by atoms with van der Waals surface area (Å²) >= 11 is 3.44. The van der Waals surface area contributed by atoms with Crippen LogP contribution in [0.1, 0.15) is 12.5 Å². The first kappa shape index (κ1) is 8.57. The van der Waals surface area contributed by atoms with Crippen LogP contribution in [0.15, 0.2) is 41.1 Å². The Hall–Kier alpha value is -1.02. The largest absolute Gasteiger partial charge is 0.456 e. The Kier molecular flexibility index (Phi) is 2.00. The minimum Gasteiger partial charge on any atom is -0.456 e. The van der Waals surface area contributed by atoms with Gasteiger partial charge in [-0.05, 0) is 40.6 Å². The molecule has 0 saturated heterocycles. The van der Waals surface area contributed by atoms with Crippen LogP contribution in [0.3, 0.4) is 0 Å². The van der Waals surface area contributed by atoms with E-state index in [1.54, 1.807) is 0 Å². The topological polar surface area (TPSA) is 9.23 Å². The third kappa shape index (κ3) is 1.42. The monoisotopic (exact) mass is 236 g/mol. The summed E-state index contributed by atoms with van der Waals surface area (Å²) in [5.74, 6) is 1.56. The van der Waals surface area contributed by atoms with Gasteiger partial charge in [0.1, 0.15) is 11.5 Å². The van der Waals surface area contributed by atoms with Gasteiger partial charge >= 0.3 is 0 Å². The predicted molar refractivity (Wildman–Crippen MR) is 57.6 cm³/mol. The smallest absolute Gasteiger partial charge is 0.149 e. The molecule has 1 nitrogen and oxygen atoms in total. The molecule has 13 heavy (non-hydrogen) atoms. The highest BCUT2D eigenvalue weighted by atomic mass is 79.9. The Balaban J connectivity index is 2.66. The van der Waals surface area contributed by atoms with Crippen molar-refractivity contribution in [3.05, 3.63) is 46.6 Å². The van der Waals surface area contributed by atoms with Gasteiger partial charge in [-0.15, -0.1) is 0 Å². The van der Waals surface area contributed by atoms with Gasteiger partial charge in [-0.3, -0.25) is 0 Å². The molecule has 1 aromatic carbocycles. The molecule has 0 spiro atoms. The number of allylic oxidation sites excluding steroid dienone is 2. The van der Waals surface area contributed by atoms with E-state index in [1.807, 2.05) is 24.3 Å². The maximum absolute atomic E-state index is 5.52. The highest BCUT2D eigenvalue weighted by Gasteiger charge is 2.14. The van der Waals surface area contributed by atoms with E-state index in [1.165, 1.54) is 5.57 Å². The quantitative estimate of drug-likeness (QED) is 0.667. The molecule has 1 aliphatic heterocycles. The van der Waals surface area contributed by atoms with E-state index >= 15 is 0 Å². The summed E-state index contributed by atoms with van der Waals surface area (Å²) in [4.78, 5) is 0. The molecule has 0 aliphatic carbocycles. The molecule has 0 unspecified atom stereocenters. The zero-order valence-electron chi connectivity index (χ0n) is 7.30. The molecule has 0 atom stereocenters. The molecule has 0 bridgehead atoms. The summed E-state index contributed by atoms with van der Waals surface area (Å²) in [6.07, 6.45) is 1.94. The lowest BCUT2D eigenvalue weighted by Gasteiger charge is -2.18. The molecule has 0 saturated carbocycles. The fourth-order valence-electron chi connectivity index (χ4n) is 1.40. The molecule has 0 radical (unpaired) electrons. The minimum atomic E-state index is 0.692. The van der Waals surface area contributed by atoms with Crippen molar-refractivity contribution in [2.75, 3.05) is 0 Å². The van der Waals surface area contributed by atoms with Crippen LogP contribution < -0.4 is 4.74 Å². The molecule has 2 rings (SSSR count). The second-order valence-corrected chi connectivity index (χ2v) is 3.87. The Morgan fingerprint density at radius 2 is 2.15 bits per heavy atom. The zero-order valence-corrected chi connectivity index (χ0v) is 8.89. The average Bonchev–Trinajstić information content (AvgIpc) is 2.07. The van der Waals surface area contributed by atoms with Gasteiger partial charge in [-0.1, -0.05) is 18.7 Å². The van der Waals surface area contributed by atoms with Gasteiger partial charge in [0.2, 0.25) is 0 Å². The van der Waals surface area contributed by atoms with Gasteiger partial charge in [0.15, 0.2) is 0 Å². The average molecular weight is 237 g/mol. The van der Waals surface area contributed by atoms with Crippen LogP contribution in [0.5, 0.6) is 5.75 Å². The summed E-state index contributed by atoms with van der Waals surface area (Å²) in [6.45, 7) is 5.84. The maximum Gasteiger partial charge on any atom is 0.149 e. The fourth-order valence-corrected chi connectivity index (χ4v) is 1.85. The first-order valence-corrected chi connectivity index (χ1v) is 4.82. The van der Waals surface area contributed by atoms with Crippen LogP contribution in [-0.4, -0.2) is 0 Å². The SMILES string of the molecule is C=C1C=C(C)c2cccc(Br)c2O1. The van der Waals surface area contributed by atoms with Crippen LogP contribution in [0, 0.1) is 0 Å². The number of fused-ring (bicyclic) bond motifs is 1. The van der Waals surface area contributed by atoms with Gasteiger partial charge in [0.05, 0.1) is 4.47 Å². The van der Waals surface area contributed by atoms with E-state index in [0.717, 1.165) is 15.8 Å². The van der Waals surface area contributed by atoms with Crippen LogP contribution in [-0.2, 0) is 0 Å². The van der Waals surface area contributed by atoms with E-state index in [0.29, 0.717) is 5.76 Å². The highest BCUT2D eigenvalue weighted by Crippen LogP contribution is 2.37. The van der Waals surface area contributed by atoms with E-state index < -0.39 is 0 Å². The van der Waals surface area contributed by atoms with E-state index in [2.05, 4.69) is 29.4 Å². The standard InChI is InChI=1S/C11H9BrO/c1-7-6-8(2)13-11-9(7)4-3-5-10(11)12/h3-6H,2H2,1H3. The lowest BCUT2D eigenvalue weighted by atomic mass is 10.0. The lowest BCUT2D eigenvalue weighted by Crippen LogP contribution is -2.01. The van der Waals surface area contributed by atoms with Crippen LogP contribution >= 0.6 is 15.9 Å². The van der Waals surface area contributed by atoms with Gasteiger partial charge in [0, 0.05) is 5.56 Å². The molecule has 0 N–H and O–H groups in total. The van der Waals surface area contributed by atoms with E-state index in [4.69, 9.17) is 4.74 Å². The van der Waals surface area contributed by atoms with E-state index in [-0.39, 0.29) is 0 Å². The van der Waals surface area contributed by atoms with E-state index in [9.17, 15) is 0 Å². The Morgan fingerprint density at radius 3 is 2.92 bits per heavy atom. The van der Waals surface area contributed by atoms with Crippen molar-refractivity contribution in [2.45, 2.75) is 6.92 Å². The van der Waals surface area contributed by atoms with Crippen LogP contribution in [0.4, 0.5) is 0 Å². The van der Waals surface area contributed by atoms with Gasteiger partial charge in [-0.2, -0.15) is 0 Å². The number of hydrogen-bond acceptors (Lipinski definition) is 1. The predicted octanol–water partition coefficient (Wildman–Crippen LogP) is 3.76. The van der Waals surface area contributed by atoms with Crippen molar-refractivity contribution in [3.63, 3.8) is 0 Å². The maximum atomic E-state index is 5.52. The Bertz CT molecular complexity index is 405. The summed E-state index contributed by atoms with van der Waals surface area (Å²) in [6, 6.07) is 6.00. The van der Waals surface area contributed by atoms with Crippen molar-refractivity contribution in [2.24, 2.45) is 0 Å². The zero-order chi connectivity index (χ0) is 9.42. The van der Waals surface area contributed by atoms with Crippen molar-refractivity contribution in [3.8, 4) is 5.75 Å². The van der Waals surface area contributed by atoms with Gasteiger partial charge in [0.25, 0.3) is 0 Å².